The van der Waals surface area contributed by atoms with Gasteiger partial charge in [-0.05, 0) is 50.0 Å². The summed E-state index contributed by atoms with van der Waals surface area (Å²) in [6.45, 7) is 3.37. The Balaban J connectivity index is 1.73. The predicted molar refractivity (Wildman–Crippen MR) is 87.8 cm³/mol. The molecule has 24 heavy (non-hydrogen) atoms. The van der Waals surface area contributed by atoms with Crippen molar-refractivity contribution in [1.82, 2.24) is 15.5 Å². The molecule has 4 nitrogen and oxygen atoms in total. The summed E-state index contributed by atoms with van der Waals surface area (Å²) >= 11 is 0. The first-order valence-electron chi connectivity index (χ1n) is 8.35. The van der Waals surface area contributed by atoms with E-state index in [9.17, 15) is 13.2 Å². The van der Waals surface area contributed by atoms with Crippen LogP contribution in [0.5, 0.6) is 0 Å². The van der Waals surface area contributed by atoms with Crippen molar-refractivity contribution >= 4 is 5.96 Å². The molecule has 0 radical (unpaired) electrons. The van der Waals surface area contributed by atoms with Crippen LogP contribution < -0.4 is 10.6 Å². The summed E-state index contributed by atoms with van der Waals surface area (Å²) in [6.07, 6.45) is -2.14. The first kappa shape index (κ1) is 17.1. The first-order chi connectivity index (χ1) is 11.4. The van der Waals surface area contributed by atoms with Crippen molar-refractivity contribution in [2.24, 2.45) is 10.9 Å². The Morgan fingerprint density at radius 1 is 1.29 bits per heavy atom. The molecular formula is C17H23F3N4. The van der Waals surface area contributed by atoms with Crippen molar-refractivity contribution in [3.8, 4) is 0 Å². The maximum absolute atomic E-state index is 12.8. The van der Waals surface area contributed by atoms with Gasteiger partial charge in [0.1, 0.15) is 0 Å². The Kier molecular flexibility index (Phi) is 4.99. The van der Waals surface area contributed by atoms with Crippen LogP contribution in [0.15, 0.2) is 29.3 Å². The Bertz CT molecular complexity index is 582. The number of hydrogen-bond donors (Lipinski definition) is 2. The molecule has 0 bridgehead atoms. The Morgan fingerprint density at radius 2 is 2.04 bits per heavy atom. The van der Waals surface area contributed by atoms with Gasteiger partial charge in [0.15, 0.2) is 5.96 Å². The molecule has 7 heteroatoms. The lowest BCUT2D eigenvalue weighted by Crippen LogP contribution is -2.43. The van der Waals surface area contributed by atoms with E-state index in [1.165, 1.54) is 12.1 Å². The van der Waals surface area contributed by atoms with Gasteiger partial charge in [-0.3, -0.25) is 9.89 Å². The van der Waals surface area contributed by atoms with Crippen LogP contribution in [0, 0.1) is 5.92 Å². The third kappa shape index (κ3) is 3.83. The number of benzene rings is 1. The molecule has 1 saturated heterocycles. The van der Waals surface area contributed by atoms with E-state index in [1.807, 2.05) is 7.05 Å². The number of alkyl halides is 3. The van der Waals surface area contributed by atoms with Crippen molar-refractivity contribution in [3.63, 3.8) is 0 Å². The van der Waals surface area contributed by atoms with Crippen LogP contribution in [0.25, 0.3) is 0 Å². The molecule has 3 rings (SSSR count). The first-order valence-corrected chi connectivity index (χ1v) is 8.35. The fourth-order valence-corrected chi connectivity index (χ4v) is 3.61. The van der Waals surface area contributed by atoms with Gasteiger partial charge in [0.05, 0.1) is 12.1 Å². The predicted octanol–water partition coefficient (Wildman–Crippen LogP) is 2.64. The number of nitrogens with one attached hydrogen (secondary N) is 2. The van der Waals surface area contributed by atoms with Crippen LogP contribution in [0.1, 0.15) is 30.0 Å². The van der Waals surface area contributed by atoms with E-state index in [4.69, 9.17) is 0 Å². The standard InChI is InChI=1S/C17H23F3N4/c1-24-10-2-3-13(11-23-16-21-8-9-22-16)15(24)12-4-6-14(7-5-12)17(18,19)20/h4-7,13,15H,2-3,8-11H2,1H3,(H2,21,22,23)/t13-,15-/m0/s1. The summed E-state index contributed by atoms with van der Waals surface area (Å²) in [5.41, 5.74) is 0.349. The van der Waals surface area contributed by atoms with Gasteiger partial charge in [0, 0.05) is 19.1 Å². The van der Waals surface area contributed by atoms with Crippen LogP contribution in [0.3, 0.4) is 0 Å². The zero-order valence-corrected chi connectivity index (χ0v) is 13.7. The van der Waals surface area contributed by atoms with Crippen LogP contribution in [0.2, 0.25) is 0 Å². The maximum Gasteiger partial charge on any atom is 0.416 e. The molecule has 2 aliphatic rings. The van der Waals surface area contributed by atoms with Crippen molar-refractivity contribution in [2.45, 2.75) is 25.1 Å². The number of guanidine groups is 1. The molecule has 1 aromatic carbocycles. The second-order valence-electron chi connectivity index (χ2n) is 6.49. The molecule has 0 unspecified atom stereocenters. The van der Waals surface area contributed by atoms with Crippen LogP contribution in [-0.4, -0.2) is 44.1 Å². The second kappa shape index (κ2) is 7.01. The number of aliphatic imine (C=N–C) groups is 1. The van der Waals surface area contributed by atoms with Gasteiger partial charge >= 0.3 is 6.18 Å². The molecule has 2 aliphatic heterocycles. The molecule has 0 aliphatic carbocycles. The fraction of sp³-hybridized carbons (Fsp3) is 0.588. The van der Waals surface area contributed by atoms with Gasteiger partial charge in [-0.1, -0.05) is 12.1 Å². The Labute approximate surface area is 140 Å². The quantitative estimate of drug-likeness (QED) is 0.889. The largest absolute Gasteiger partial charge is 0.416 e. The topological polar surface area (TPSA) is 39.7 Å². The molecule has 0 amide bonds. The van der Waals surface area contributed by atoms with Crippen molar-refractivity contribution in [1.29, 1.82) is 0 Å². The lowest BCUT2D eigenvalue weighted by molar-refractivity contribution is -0.137. The van der Waals surface area contributed by atoms with Crippen LogP contribution in [-0.2, 0) is 6.18 Å². The minimum Gasteiger partial charge on any atom is -0.356 e. The zero-order chi connectivity index (χ0) is 17.2. The monoisotopic (exact) mass is 340 g/mol. The molecule has 2 heterocycles. The highest BCUT2D eigenvalue weighted by Crippen LogP contribution is 2.36. The summed E-state index contributed by atoms with van der Waals surface area (Å²) in [4.78, 5) is 6.57. The summed E-state index contributed by atoms with van der Waals surface area (Å²) in [6, 6.07) is 5.73. The molecule has 0 spiro atoms. The van der Waals surface area contributed by atoms with E-state index in [0.29, 0.717) is 5.92 Å². The van der Waals surface area contributed by atoms with E-state index in [2.05, 4.69) is 20.5 Å². The second-order valence-corrected chi connectivity index (χ2v) is 6.49. The number of nitrogens with zero attached hydrogens (tertiary/aromatic N) is 2. The normalized spacial score (nSPS) is 25.2. The molecule has 1 fully saturated rings. The van der Waals surface area contributed by atoms with Gasteiger partial charge in [-0.25, -0.2) is 0 Å². The summed E-state index contributed by atoms with van der Waals surface area (Å²) in [5.74, 6) is 1.17. The van der Waals surface area contributed by atoms with Crippen LogP contribution in [0.4, 0.5) is 13.2 Å². The van der Waals surface area contributed by atoms with E-state index in [-0.39, 0.29) is 6.04 Å². The van der Waals surface area contributed by atoms with Crippen molar-refractivity contribution < 1.29 is 13.2 Å². The SMILES string of the molecule is CN1CCC[C@@H](CNC2=NCCN2)[C@@H]1c1ccc(C(F)(F)F)cc1. The summed E-state index contributed by atoms with van der Waals surface area (Å²) < 4.78 is 38.3. The third-order valence-corrected chi connectivity index (χ3v) is 4.79. The van der Waals surface area contributed by atoms with Gasteiger partial charge in [0.25, 0.3) is 0 Å². The van der Waals surface area contributed by atoms with Crippen LogP contribution >= 0.6 is 0 Å². The number of halogens is 3. The average Bonchev–Trinajstić information content (AvgIpc) is 3.06. The molecule has 132 valence electrons. The number of hydrogen-bond acceptors (Lipinski definition) is 4. The van der Waals surface area contributed by atoms with E-state index in [1.54, 1.807) is 12.1 Å². The average molecular weight is 340 g/mol. The zero-order valence-electron chi connectivity index (χ0n) is 13.7. The summed E-state index contributed by atoms with van der Waals surface area (Å²) in [5, 5.41) is 6.53. The van der Waals surface area contributed by atoms with E-state index >= 15 is 0 Å². The van der Waals surface area contributed by atoms with E-state index < -0.39 is 11.7 Å². The molecule has 2 N–H and O–H groups in total. The molecular weight excluding hydrogens is 317 g/mol. The number of rotatable bonds is 3. The summed E-state index contributed by atoms with van der Waals surface area (Å²) in [7, 11) is 2.04. The lowest BCUT2D eigenvalue weighted by atomic mass is 9.84. The highest BCUT2D eigenvalue weighted by Gasteiger charge is 2.33. The Hall–Kier alpha value is -1.76. The fourth-order valence-electron chi connectivity index (χ4n) is 3.61. The molecule has 0 saturated carbocycles. The Morgan fingerprint density at radius 3 is 2.67 bits per heavy atom. The van der Waals surface area contributed by atoms with Crippen molar-refractivity contribution in [2.75, 3.05) is 33.2 Å². The van der Waals surface area contributed by atoms with Gasteiger partial charge in [0.2, 0.25) is 0 Å². The number of piperidine rings is 1. The molecule has 2 atom stereocenters. The maximum atomic E-state index is 12.8. The highest BCUT2D eigenvalue weighted by molar-refractivity contribution is 5.81. The van der Waals surface area contributed by atoms with Gasteiger partial charge in [-0.2, -0.15) is 13.2 Å². The highest BCUT2D eigenvalue weighted by atomic mass is 19.4. The van der Waals surface area contributed by atoms with E-state index in [0.717, 1.165) is 50.5 Å². The van der Waals surface area contributed by atoms with Crippen molar-refractivity contribution in [3.05, 3.63) is 35.4 Å². The lowest BCUT2D eigenvalue weighted by Gasteiger charge is -2.40. The van der Waals surface area contributed by atoms with Gasteiger partial charge < -0.3 is 10.6 Å². The minimum absolute atomic E-state index is 0.121. The smallest absolute Gasteiger partial charge is 0.356 e. The minimum atomic E-state index is -4.29. The molecule has 1 aromatic rings. The number of likely N-dealkylation sites (tertiary alicyclic amines) is 1. The molecule has 0 aromatic heterocycles. The third-order valence-electron chi connectivity index (χ3n) is 4.79. The van der Waals surface area contributed by atoms with Gasteiger partial charge in [-0.15, -0.1) is 0 Å².